The second kappa shape index (κ2) is 11.1. The monoisotopic (exact) mass is 460 g/mol. The zero-order valence-electron chi connectivity index (χ0n) is 18.9. The molecule has 0 bridgehead atoms. The van der Waals surface area contributed by atoms with Crippen LogP contribution in [0.25, 0.3) is 0 Å². The van der Waals surface area contributed by atoms with E-state index in [1.807, 2.05) is 0 Å². The highest BCUT2D eigenvalue weighted by atomic mass is 16.6. The molecule has 33 heavy (non-hydrogen) atoms. The maximum atomic E-state index is 13.4. The van der Waals surface area contributed by atoms with Gasteiger partial charge in [-0.15, -0.1) is 0 Å². The Balaban J connectivity index is 2.59. The summed E-state index contributed by atoms with van der Waals surface area (Å²) < 4.78 is 25.7. The van der Waals surface area contributed by atoms with Crippen molar-refractivity contribution < 1.29 is 47.3 Å². The third-order valence-corrected chi connectivity index (χ3v) is 4.23. The summed E-state index contributed by atoms with van der Waals surface area (Å²) in [5.41, 5.74) is 0.382. The number of rotatable bonds is 9. The minimum absolute atomic E-state index is 0.0245. The minimum atomic E-state index is -1.58. The number of carbonyl (C=O) groups is 5. The molecule has 0 radical (unpaired) electrons. The summed E-state index contributed by atoms with van der Waals surface area (Å²) >= 11 is 0. The molecule has 0 saturated carbocycles. The van der Waals surface area contributed by atoms with E-state index >= 15 is 0 Å². The molecule has 0 amide bonds. The Morgan fingerprint density at radius 3 is 2.06 bits per heavy atom. The Morgan fingerprint density at radius 1 is 0.879 bits per heavy atom. The molecule has 1 atom stereocenters. The van der Waals surface area contributed by atoms with E-state index in [0.29, 0.717) is 12.0 Å². The van der Waals surface area contributed by atoms with Crippen molar-refractivity contribution in [3.05, 3.63) is 46.9 Å². The van der Waals surface area contributed by atoms with Crippen LogP contribution in [0.3, 0.4) is 0 Å². The highest BCUT2D eigenvalue weighted by Crippen LogP contribution is 2.35. The van der Waals surface area contributed by atoms with Gasteiger partial charge in [0.05, 0.1) is 17.7 Å². The van der Waals surface area contributed by atoms with Gasteiger partial charge < -0.3 is 23.4 Å². The van der Waals surface area contributed by atoms with E-state index in [1.54, 1.807) is 13.8 Å². The number of benzene rings is 1. The predicted molar refractivity (Wildman–Crippen MR) is 112 cm³/mol. The third-order valence-electron chi connectivity index (χ3n) is 4.23. The lowest BCUT2D eigenvalue weighted by molar-refractivity contribution is -0.145. The van der Waals surface area contributed by atoms with Crippen molar-refractivity contribution >= 4 is 29.7 Å². The van der Waals surface area contributed by atoms with Gasteiger partial charge in [0.2, 0.25) is 11.9 Å². The Kier molecular flexibility index (Phi) is 8.49. The number of aryl methyl sites for hydroxylation is 1. The number of ether oxygens (including phenoxy) is 4. The predicted octanol–water partition coefficient (Wildman–Crippen LogP) is 3.36. The van der Waals surface area contributed by atoms with Crippen molar-refractivity contribution in [1.29, 1.82) is 0 Å². The van der Waals surface area contributed by atoms with Crippen LogP contribution < -0.4 is 9.47 Å². The van der Waals surface area contributed by atoms with Crippen molar-refractivity contribution in [3.8, 4) is 11.5 Å². The lowest BCUT2D eigenvalue weighted by Crippen LogP contribution is -2.20. The first-order valence-corrected chi connectivity index (χ1v) is 10.1. The van der Waals surface area contributed by atoms with Crippen molar-refractivity contribution in [1.82, 2.24) is 0 Å². The summed E-state index contributed by atoms with van der Waals surface area (Å²) in [4.78, 5) is 60.2. The van der Waals surface area contributed by atoms with Gasteiger partial charge in [0, 0.05) is 26.8 Å². The molecule has 1 aromatic carbocycles. The van der Waals surface area contributed by atoms with Crippen LogP contribution >= 0.6 is 0 Å². The third kappa shape index (κ3) is 6.52. The van der Waals surface area contributed by atoms with Gasteiger partial charge in [-0.05, 0) is 31.0 Å². The van der Waals surface area contributed by atoms with Crippen LogP contribution in [0, 0.1) is 0 Å². The molecule has 176 valence electrons. The molecule has 0 aliphatic heterocycles. The van der Waals surface area contributed by atoms with Crippen LogP contribution in [0.5, 0.6) is 11.5 Å². The van der Waals surface area contributed by atoms with Gasteiger partial charge in [-0.25, -0.2) is 4.79 Å². The first kappa shape index (κ1) is 25.3. The molecule has 0 aliphatic carbocycles. The SMILES string of the molecule is CCOC(=O)c1coc(C(OC(C)=O)C(=O)c2cc(CC)c(OC(C)=O)cc2OC(C)=O)c1. The molecular formula is C23H24O10. The van der Waals surface area contributed by atoms with Crippen LogP contribution in [0.2, 0.25) is 0 Å². The van der Waals surface area contributed by atoms with Crippen LogP contribution in [-0.4, -0.2) is 36.3 Å². The average Bonchev–Trinajstić information content (AvgIpc) is 3.21. The number of Topliss-reactive ketones (excluding diaryl/α,β-unsaturated/α-hetero) is 1. The van der Waals surface area contributed by atoms with Crippen molar-refractivity contribution in [2.24, 2.45) is 0 Å². The normalized spacial score (nSPS) is 11.3. The zero-order chi connectivity index (χ0) is 24.7. The van der Waals surface area contributed by atoms with E-state index in [4.69, 9.17) is 23.4 Å². The highest BCUT2D eigenvalue weighted by molar-refractivity contribution is 6.04. The summed E-state index contributed by atoms with van der Waals surface area (Å²) in [6, 6.07) is 3.85. The topological polar surface area (TPSA) is 135 Å². The number of hydrogen-bond donors (Lipinski definition) is 0. The number of carbonyl (C=O) groups excluding carboxylic acids is 5. The highest BCUT2D eigenvalue weighted by Gasteiger charge is 2.32. The summed E-state index contributed by atoms with van der Waals surface area (Å²) in [7, 11) is 0. The minimum Gasteiger partial charge on any atom is -0.464 e. The number of ketones is 1. The van der Waals surface area contributed by atoms with Crippen LogP contribution in [0.15, 0.2) is 28.9 Å². The fourth-order valence-electron chi connectivity index (χ4n) is 2.92. The Morgan fingerprint density at radius 2 is 1.52 bits per heavy atom. The van der Waals surface area contributed by atoms with Gasteiger partial charge >= 0.3 is 23.9 Å². The second-order valence-electron chi connectivity index (χ2n) is 6.81. The number of esters is 4. The molecule has 0 N–H and O–H groups in total. The maximum Gasteiger partial charge on any atom is 0.341 e. The molecule has 0 spiro atoms. The largest absolute Gasteiger partial charge is 0.464 e. The quantitative estimate of drug-likeness (QED) is 0.311. The van der Waals surface area contributed by atoms with Gasteiger partial charge in [0.1, 0.15) is 17.8 Å². The lowest BCUT2D eigenvalue weighted by Gasteiger charge is -2.18. The maximum absolute atomic E-state index is 13.4. The van der Waals surface area contributed by atoms with Gasteiger partial charge in [0.15, 0.2) is 5.76 Å². The van der Waals surface area contributed by atoms with Crippen molar-refractivity contribution in [2.45, 2.75) is 47.1 Å². The van der Waals surface area contributed by atoms with E-state index in [1.165, 1.54) is 25.1 Å². The Hall–Kier alpha value is -3.95. The fraction of sp³-hybridized carbons (Fsp3) is 0.348. The first-order chi connectivity index (χ1) is 15.6. The average molecular weight is 460 g/mol. The van der Waals surface area contributed by atoms with Gasteiger partial charge in [-0.3, -0.25) is 19.2 Å². The summed E-state index contributed by atoms with van der Waals surface area (Å²) in [6.45, 7) is 6.97. The summed E-state index contributed by atoms with van der Waals surface area (Å²) in [6.07, 6.45) is -0.134. The number of hydrogen-bond acceptors (Lipinski definition) is 10. The van der Waals surface area contributed by atoms with Crippen LogP contribution in [-0.2, 0) is 30.3 Å². The van der Waals surface area contributed by atoms with E-state index in [2.05, 4.69) is 0 Å². The summed E-state index contributed by atoms with van der Waals surface area (Å²) in [5.74, 6) is -3.79. The number of furan rings is 1. The Labute approximate surface area is 189 Å². The molecule has 0 saturated heterocycles. The molecule has 1 heterocycles. The molecule has 0 fully saturated rings. The van der Waals surface area contributed by atoms with Crippen molar-refractivity contribution in [2.75, 3.05) is 6.61 Å². The molecule has 1 aromatic heterocycles. The Bertz CT molecular complexity index is 1080. The molecular weight excluding hydrogens is 436 g/mol. The van der Waals surface area contributed by atoms with E-state index in [0.717, 1.165) is 20.1 Å². The van der Waals surface area contributed by atoms with Gasteiger partial charge in [-0.2, -0.15) is 0 Å². The molecule has 10 heteroatoms. The molecule has 10 nitrogen and oxygen atoms in total. The van der Waals surface area contributed by atoms with E-state index < -0.39 is 35.8 Å². The smallest absolute Gasteiger partial charge is 0.341 e. The van der Waals surface area contributed by atoms with E-state index in [9.17, 15) is 24.0 Å². The standard InChI is InChI=1S/C23H24O10/c1-6-15-8-17(19(32-13(4)25)10-18(15)31-12(3)24)21(27)22(33-14(5)26)20-9-16(11-30-20)23(28)29-7-2/h8-11,22H,6-7H2,1-5H3. The molecule has 0 aliphatic rings. The van der Waals surface area contributed by atoms with Gasteiger partial charge in [0.25, 0.3) is 0 Å². The first-order valence-electron chi connectivity index (χ1n) is 10.1. The zero-order valence-corrected chi connectivity index (χ0v) is 18.9. The van der Waals surface area contributed by atoms with E-state index in [-0.39, 0.29) is 35.0 Å². The van der Waals surface area contributed by atoms with Gasteiger partial charge in [-0.1, -0.05) is 6.92 Å². The summed E-state index contributed by atoms with van der Waals surface area (Å²) in [5, 5.41) is 0. The molecule has 2 aromatic rings. The second-order valence-corrected chi connectivity index (χ2v) is 6.81. The van der Waals surface area contributed by atoms with Crippen molar-refractivity contribution in [3.63, 3.8) is 0 Å². The fourth-order valence-corrected chi connectivity index (χ4v) is 2.92. The molecule has 1 unspecified atom stereocenters. The molecule has 2 rings (SSSR count). The lowest BCUT2D eigenvalue weighted by atomic mass is 9.98. The van der Waals surface area contributed by atoms with Crippen LogP contribution in [0.4, 0.5) is 0 Å². The van der Waals surface area contributed by atoms with Crippen LogP contribution in [0.1, 0.15) is 72.8 Å².